The molecule has 0 fully saturated rings. The van der Waals surface area contributed by atoms with Crippen LogP contribution in [0.15, 0.2) is 30.5 Å². The Balaban J connectivity index is 2.41. The molecule has 0 unspecified atom stereocenters. The monoisotopic (exact) mass is 177 g/mol. The Morgan fingerprint density at radius 1 is 1.23 bits per heavy atom. The molecule has 0 aliphatic heterocycles. The molecule has 2 aromatic rings. The summed E-state index contributed by atoms with van der Waals surface area (Å²) < 4.78 is 12.6. The standard InChI is InChI=1S/C9H8FN3/c1-7-6-11-13(12-7)9-4-2-8(10)3-5-9/h2-6H,1H3. The van der Waals surface area contributed by atoms with Crippen LogP contribution in [0, 0.1) is 12.7 Å². The van der Waals surface area contributed by atoms with E-state index in [1.54, 1.807) is 18.3 Å². The van der Waals surface area contributed by atoms with Gasteiger partial charge in [-0.2, -0.15) is 15.0 Å². The molecule has 1 aromatic heterocycles. The maximum atomic E-state index is 12.6. The number of nitrogens with zero attached hydrogens (tertiary/aromatic N) is 3. The van der Waals surface area contributed by atoms with E-state index < -0.39 is 0 Å². The number of benzene rings is 1. The second-order valence-corrected chi connectivity index (χ2v) is 2.75. The average Bonchev–Trinajstić information content (AvgIpc) is 2.53. The number of hydrogen-bond donors (Lipinski definition) is 0. The van der Waals surface area contributed by atoms with Gasteiger partial charge in [0.1, 0.15) is 5.82 Å². The normalized spacial score (nSPS) is 10.3. The molecular weight excluding hydrogens is 169 g/mol. The minimum absolute atomic E-state index is 0.257. The Labute approximate surface area is 74.8 Å². The van der Waals surface area contributed by atoms with E-state index in [0.717, 1.165) is 11.4 Å². The van der Waals surface area contributed by atoms with Crippen LogP contribution in [0.5, 0.6) is 0 Å². The first-order chi connectivity index (χ1) is 6.25. The smallest absolute Gasteiger partial charge is 0.123 e. The molecule has 0 atom stereocenters. The minimum Gasteiger partial charge on any atom is -0.207 e. The zero-order valence-electron chi connectivity index (χ0n) is 7.11. The number of hydrogen-bond acceptors (Lipinski definition) is 2. The number of aromatic nitrogens is 3. The Morgan fingerprint density at radius 2 is 1.92 bits per heavy atom. The van der Waals surface area contributed by atoms with Gasteiger partial charge in [0, 0.05) is 0 Å². The number of rotatable bonds is 1. The second-order valence-electron chi connectivity index (χ2n) is 2.75. The van der Waals surface area contributed by atoms with Crippen LogP contribution in [-0.2, 0) is 0 Å². The lowest BCUT2D eigenvalue weighted by Crippen LogP contribution is -1.98. The zero-order chi connectivity index (χ0) is 9.26. The number of halogens is 1. The van der Waals surface area contributed by atoms with Crippen molar-refractivity contribution in [1.82, 2.24) is 15.0 Å². The summed E-state index contributed by atoms with van der Waals surface area (Å²) in [6.07, 6.45) is 1.66. The zero-order valence-corrected chi connectivity index (χ0v) is 7.11. The van der Waals surface area contributed by atoms with E-state index in [1.165, 1.54) is 16.9 Å². The van der Waals surface area contributed by atoms with Crippen molar-refractivity contribution in [3.05, 3.63) is 42.0 Å². The maximum Gasteiger partial charge on any atom is 0.123 e. The third-order valence-electron chi connectivity index (χ3n) is 1.66. The van der Waals surface area contributed by atoms with Gasteiger partial charge in [-0.1, -0.05) is 0 Å². The molecule has 3 nitrogen and oxygen atoms in total. The van der Waals surface area contributed by atoms with E-state index in [9.17, 15) is 4.39 Å². The predicted molar refractivity (Wildman–Crippen MR) is 46.1 cm³/mol. The second kappa shape index (κ2) is 2.97. The van der Waals surface area contributed by atoms with E-state index in [4.69, 9.17) is 0 Å². The fourth-order valence-electron chi connectivity index (χ4n) is 1.04. The molecule has 0 aliphatic rings. The molecular formula is C9H8FN3. The quantitative estimate of drug-likeness (QED) is 0.664. The first-order valence-corrected chi connectivity index (χ1v) is 3.90. The lowest BCUT2D eigenvalue weighted by Gasteiger charge is -1.97. The van der Waals surface area contributed by atoms with Crippen molar-refractivity contribution < 1.29 is 4.39 Å². The van der Waals surface area contributed by atoms with Crippen molar-refractivity contribution >= 4 is 0 Å². The molecule has 0 N–H and O–H groups in total. The highest BCUT2D eigenvalue weighted by Crippen LogP contribution is 2.06. The van der Waals surface area contributed by atoms with Gasteiger partial charge in [0.05, 0.1) is 17.6 Å². The summed E-state index contributed by atoms with van der Waals surface area (Å²) in [4.78, 5) is 1.47. The molecule has 2 rings (SSSR count). The lowest BCUT2D eigenvalue weighted by molar-refractivity contribution is 0.626. The Morgan fingerprint density at radius 3 is 2.46 bits per heavy atom. The first-order valence-electron chi connectivity index (χ1n) is 3.90. The highest BCUT2D eigenvalue weighted by atomic mass is 19.1. The molecule has 0 saturated heterocycles. The summed E-state index contributed by atoms with van der Waals surface area (Å²) in [5.41, 5.74) is 1.60. The van der Waals surface area contributed by atoms with Gasteiger partial charge in [0.15, 0.2) is 0 Å². The summed E-state index contributed by atoms with van der Waals surface area (Å²) in [5.74, 6) is -0.257. The van der Waals surface area contributed by atoms with E-state index in [-0.39, 0.29) is 5.82 Å². The molecule has 66 valence electrons. The molecule has 1 heterocycles. The van der Waals surface area contributed by atoms with Gasteiger partial charge >= 0.3 is 0 Å². The molecule has 4 heteroatoms. The highest BCUT2D eigenvalue weighted by Gasteiger charge is 1.98. The van der Waals surface area contributed by atoms with Crippen molar-refractivity contribution in [1.29, 1.82) is 0 Å². The molecule has 0 bridgehead atoms. The van der Waals surface area contributed by atoms with Gasteiger partial charge < -0.3 is 0 Å². The Hall–Kier alpha value is -1.71. The summed E-state index contributed by atoms with van der Waals surface area (Å²) in [6.45, 7) is 1.85. The van der Waals surface area contributed by atoms with Gasteiger partial charge in [0.25, 0.3) is 0 Å². The average molecular weight is 177 g/mol. The van der Waals surface area contributed by atoms with Gasteiger partial charge in [-0.3, -0.25) is 0 Å². The lowest BCUT2D eigenvalue weighted by atomic mass is 10.3. The van der Waals surface area contributed by atoms with Crippen LogP contribution in [0.25, 0.3) is 5.69 Å². The van der Waals surface area contributed by atoms with Crippen LogP contribution in [0.4, 0.5) is 4.39 Å². The molecule has 1 aromatic carbocycles. The predicted octanol–water partition coefficient (Wildman–Crippen LogP) is 1.71. The van der Waals surface area contributed by atoms with Crippen LogP contribution in [-0.4, -0.2) is 15.0 Å². The molecule has 0 saturated carbocycles. The molecule has 0 amide bonds. The molecule has 0 aliphatic carbocycles. The van der Waals surface area contributed by atoms with Gasteiger partial charge in [0.2, 0.25) is 0 Å². The van der Waals surface area contributed by atoms with Crippen molar-refractivity contribution in [2.75, 3.05) is 0 Å². The summed E-state index contributed by atoms with van der Waals surface area (Å²) in [6, 6.07) is 6.03. The van der Waals surface area contributed by atoms with Crippen LogP contribution in [0.1, 0.15) is 5.69 Å². The van der Waals surface area contributed by atoms with Gasteiger partial charge in [-0.15, -0.1) is 0 Å². The van der Waals surface area contributed by atoms with E-state index in [1.807, 2.05) is 6.92 Å². The van der Waals surface area contributed by atoms with Crippen LogP contribution in [0.3, 0.4) is 0 Å². The van der Waals surface area contributed by atoms with E-state index in [2.05, 4.69) is 10.2 Å². The fraction of sp³-hybridized carbons (Fsp3) is 0.111. The highest BCUT2D eigenvalue weighted by molar-refractivity contribution is 5.29. The Bertz CT molecular complexity index is 405. The SMILES string of the molecule is Cc1cnn(-c2ccc(F)cc2)n1. The maximum absolute atomic E-state index is 12.6. The summed E-state index contributed by atoms with van der Waals surface area (Å²) >= 11 is 0. The van der Waals surface area contributed by atoms with Crippen LogP contribution >= 0.6 is 0 Å². The largest absolute Gasteiger partial charge is 0.207 e. The van der Waals surface area contributed by atoms with Gasteiger partial charge in [-0.25, -0.2) is 4.39 Å². The topological polar surface area (TPSA) is 30.7 Å². The molecule has 0 spiro atoms. The van der Waals surface area contributed by atoms with Crippen molar-refractivity contribution in [3.8, 4) is 5.69 Å². The fourth-order valence-corrected chi connectivity index (χ4v) is 1.04. The van der Waals surface area contributed by atoms with Crippen molar-refractivity contribution in [2.45, 2.75) is 6.92 Å². The third-order valence-corrected chi connectivity index (χ3v) is 1.66. The van der Waals surface area contributed by atoms with E-state index >= 15 is 0 Å². The molecule has 13 heavy (non-hydrogen) atoms. The minimum atomic E-state index is -0.257. The van der Waals surface area contributed by atoms with E-state index in [0.29, 0.717) is 0 Å². The third kappa shape index (κ3) is 1.56. The summed E-state index contributed by atoms with van der Waals surface area (Å²) in [5, 5.41) is 8.09. The van der Waals surface area contributed by atoms with Crippen molar-refractivity contribution in [2.24, 2.45) is 0 Å². The van der Waals surface area contributed by atoms with Crippen molar-refractivity contribution in [3.63, 3.8) is 0 Å². The molecule has 0 radical (unpaired) electrons. The Kier molecular flexibility index (Phi) is 1.81. The number of aryl methyl sites for hydroxylation is 1. The van der Waals surface area contributed by atoms with Crippen LogP contribution < -0.4 is 0 Å². The van der Waals surface area contributed by atoms with Gasteiger partial charge in [-0.05, 0) is 31.2 Å². The van der Waals surface area contributed by atoms with Crippen LogP contribution in [0.2, 0.25) is 0 Å². The summed E-state index contributed by atoms with van der Waals surface area (Å²) in [7, 11) is 0. The first kappa shape index (κ1) is 7.91.